The molecule has 0 spiro atoms. The van der Waals surface area contributed by atoms with Gasteiger partial charge in [0.2, 0.25) is 0 Å². The molecule has 462 valence electrons. The van der Waals surface area contributed by atoms with Crippen molar-refractivity contribution in [2.45, 2.75) is 175 Å². The molecule has 4 aliphatic rings. The van der Waals surface area contributed by atoms with E-state index in [2.05, 4.69) is 333 Å². The van der Waals surface area contributed by atoms with Crippen molar-refractivity contribution in [3.05, 3.63) is 239 Å². The van der Waals surface area contributed by atoms with E-state index in [1.165, 1.54) is 99.9 Å². The van der Waals surface area contributed by atoms with Crippen LogP contribution in [-0.2, 0) is 37.9 Å². The third-order valence-corrected chi connectivity index (χ3v) is 21.7. The van der Waals surface area contributed by atoms with Gasteiger partial charge in [0.05, 0.1) is 11.4 Å². The summed E-state index contributed by atoms with van der Waals surface area (Å²) in [5.74, 6) is 0. The standard InChI is InChI=1S/C87H90BN3O/c1-81(2,3)54-28-35-58(36-29-54)89(59-37-30-55(31-38-59)82(4,5)6)61-41-43-74-72(47-61)88-79-67(50-71-78(62-26-22-23-27-68(62)87(71,17)18)80(79)90(74)73-42-34-57(84(10,11)12)46-63(73)53-24-20-19-21-25-53)64-48-65-66-49-69-70(86(15,16)45-44-85(69,13)14)51-76(66)92-77(65)52-75(64)91(88)60-39-32-56(33-40-60)83(7,8)9/h19-43,46-52H,44-45H2,1-18H3. The topological polar surface area (TPSA) is 22.9 Å². The van der Waals surface area contributed by atoms with Gasteiger partial charge in [-0.15, -0.1) is 0 Å². The molecule has 3 heterocycles. The van der Waals surface area contributed by atoms with Crippen LogP contribution < -0.4 is 25.5 Å². The van der Waals surface area contributed by atoms with Gasteiger partial charge in [-0.1, -0.05) is 222 Å². The van der Waals surface area contributed by atoms with Gasteiger partial charge in [-0.05, 0) is 208 Å². The van der Waals surface area contributed by atoms with Gasteiger partial charge >= 0.3 is 6.85 Å². The first kappa shape index (κ1) is 59.8. The molecule has 0 unspecified atom stereocenters. The molecular weight excluding hydrogens is 1110 g/mol. The Bertz CT molecular complexity index is 4740. The van der Waals surface area contributed by atoms with E-state index in [9.17, 15) is 0 Å². The molecular formula is C87H90BN3O. The van der Waals surface area contributed by atoms with E-state index in [1.54, 1.807) is 0 Å². The van der Waals surface area contributed by atoms with Crippen LogP contribution in [0.25, 0.3) is 55.3 Å². The number of nitrogens with zero attached hydrogens (tertiary/aromatic N) is 3. The molecule has 0 bridgehead atoms. The second-order valence-corrected chi connectivity index (χ2v) is 33.3. The summed E-state index contributed by atoms with van der Waals surface area (Å²) in [4.78, 5) is 7.92. The van der Waals surface area contributed by atoms with Crippen molar-refractivity contribution in [3.8, 4) is 33.4 Å². The van der Waals surface area contributed by atoms with Gasteiger partial charge in [0.15, 0.2) is 0 Å². The van der Waals surface area contributed by atoms with E-state index in [0.717, 1.165) is 69.2 Å². The highest BCUT2D eigenvalue weighted by molar-refractivity contribution is 6.94. The maximum atomic E-state index is 7.34. The predicted molar refractivity (Wildman–Crippen MR) is 395 cm³/mol. The maximum absolute atomic E-state index is 7.34. The van der Waals surface area contributed by atoms with Crippen LogP contribution >= 0.6 is 0 Å². The van der Waals surface area contributed by atoms with E-state index in [4.69, 9.17) is 4.42 Å². The predicted octanol–water partition coefficient (Wildman–Crippen LogP) is 23.3. The van der Waals surface area contributed by atoms with E-state index in [-0.39, 0.29) is 44.8 Å². The highest BCUT2D eigenvalue weighted by Gasteiger charge is 2.51. The summed E-state index contributed by atoms with van der Waals surface area (Å²) in [5.41, 5.74) is 31.3. The smallest absolute Gasteiger partial charge is 0.333 e. The lowest BCUT2D eigenvalue weighted by atomic mass is 9.43. The van der Waals surface area contributed by atoms with Crippen molar-refractivity contribution < 1.29 is 4.42 Å². The Hall–Kier alpha value is -8.54. The molecule has 5 heteroatoms. The Morgan fingerprint density at radius 1 is 0.402 bits per heavy atom. The second-order valence-electron chi connectivity index (χ2n) is 33.3. The number of hydrogen-bond donors (Lipinski definition) is 0. The molecule has 0 radical (unpaired) electrons. The molecule has 11 aromatic rings. The molecule has 0 saturated carbocycles. The highest BCUT2D eigenvalue weighted by Crippen LogP contribution is 2.60. The summed E-state index contributed by atoms with van der Waals surface area (Å²) >= 11 is 0. The van der Waals surface area contributed by atoms with Crippen molar-refractivity contribution in [3.63, 3.8) is 0 Å². The fourth-order valence-corrected chi connectivity index (χ4v) is 16.0. The average Bonchev–Trinajstić information content (AvgIpc) is 1.28. The fraction of sp³-hybridized carbons (Fsp3) is 0.310. The largest absolute Gasteiger partial charge is 0.456 e. The van der Waals surface area contributed by atoms with Gasteiger partial charge < -0.3 is 19.0 Å². The SMILES string of the molecule is CC(C)(C)c1ccc(N2B3c4cc(N(c5ccc(C(C)(C)C)cc5)c5ccc(C(C)(C)C)cc5)ccc4N(c4ccc(C(C)(C)C)cc4-c4ccccc4)c4c3c(cc3c4-c4ccccc4C3(C)C)-c3cc4c(cc32)oc2cc3c(cc24)C(C)(C)CCC3(C)C)cc1. The summed E-state index contributed by atoms with van der Waals surface area (Å²) in [6.07, 6.45) is 2.28. The van der Waals surface area contributed by atoms with Crippen LogP contribution in [0.3, 0.4) is 0 Å². The number of rotatable bonds is 6. The molecule has 92 heavy (non-hydrogen) atoms. The van der Waals surface area contributed by atoms with Crippen molar-refractivity contribution in [1.82, 2.24) is 0 Å². The molecule has 10 aromatic carbocycles. The monoisotopic (exact) mass is 1200 g/mol. The first-order valence-electron chi connectivity index (χ1n) is 33.8. The Labute approximate surface area is 548 Å². The zero-order chi connectivity index (χ0) is 64.7. The minimum Gasteiger partial charge on any atom is -0.456 e. The number of benzene rings is 10. The Balaban J connectivity index is 1.10. The third kappa shape index (κ3) is 9.35. The van der Waals surface area contributed by atoms with E-state index in [1.807, 2.05) is 0 Å². The molecule has 0 atom stereocenters. The molecule has 2 aliphatic carbocycles. The number of furan rings is 1. The van der Waals surface area contributed by atoms with Crippen LogP contribution in [0.4, 0.5) is 45.5 Å². The van der Waals surface area contributed by atoms with Crippen LogP contribution in [-0.4, -0.2) is 6.85 Å². The minimum atomic E-state index is -0.323. The Morgan fingerprint density at radius 2 is 0.913 bits per heavy atom. The normalized spacial score (nSPS) is 16.0. The maximum Gasteiger partial charge on any atom is 0.333 e. The van der Waals surface area contributed by atoms with Gasteiger partial charge in [0.1, 0.15) is 11.2 Å². The Morgan fingerprint density at radius 3 is 1.51 bits per heavy atom. The lowest BCUT2D eigenvalue weighted by Crippen LogP contribution is -2.62. The molecule has 1 aromatic heterocycles. The zero-order valence-electron chi connectivity index (χ0n) is 57.7. The van der Waals surface area contributed by atoms with Crippen molar-refractivity contribution >= 4 is 85.2 Å². The molecule has 0 fully saturated rings. The second kappa shape index (κ2) is 20.2. The number of hydrogen-bond acceptors (Lipinski definition) is 4. The van der Waals surface area contributed by atoms with Crippen LogP contribution in [0.1, 0.15) is 182 Å². The molecule has 0 amide bonds. The van der Waals surface area contributed by atoms with Gasteiger partial charge in [-0.2, -0.15) is 0 Å². The minimum absolute atomic E-state index is 0.00922. The quantitative estimate of drug-likeness (QED) is 0.155. The van der Waals surface area contributed by atoms with Crippen LogP contribution in [0.5, 0.6) is 0 Å². The molecule has 15 rings (SSSR count). The van der Waals surface area contributed by atoms with Crippen molar-refractivity contribution in [1.29, 1.82) is 0 Å². The summed E-state index contributed by atoms with van der Waals surface area (Å²) in [6.45, 7) is 42.1. The summed E-state index contributed by atoms with van der Waals surface area (Å²) < 4.78 is 7.34. The summed E-state index contributed by atoms with van der Waals surface area (Å²) in [7, 11) is 0. The fourth-order valence-electron chi connectivity index (χ4n) is 16.0. The highest BCUT2D eigenvalue weighted by atomic mass is 16.3. The molecule has 0 N–H and O–H groups in total. The average molecular weight is 1200 g/mol. The van der Waals surface area contributed by atoms with Crippen molar-refractivity contribution in [2.24, 2.45) is 0 Å². The molecule has 2 aliphatic heterocycles. The van der Waals surface area contributed by atoms with E-state index >= 15 is 0 Å². The lowest BCUT2D eigenvalue weighted by molar-refractivity contribution is 0.332. The van der Waals surface area contributed by atoms with Crippen LogP contribution in [0, 0.1) is 0 Å². The van der Waals surface area contributed by atoms with Crippen LogP contribution in [0.2, 0.25) is 0 Å². The van der Waals surface area contributed by atoms with Gasteiger partial charge in [0.25, 0.3) is 0 Å². The number of fused-ring (bicyclic) bond motifs is 12. The van der Waals surface area contributed by atoms with Gasteiger partial charge in [0, 0.05) is 73.1 Å². The van der Waals surface area contributed by atoms with Crippen molar-refractivity contribution in [2.75, 3.05) is 14.6 Å². The Kier molecular flexibility index (Phi) is 13.1. The molecule has 0 saturated heterocycles. The van der Waals surface area contributed by atoms with E-state index in [0.29, 0.717) is 0 Å². The molecule has 4 nitrogen and oxygen atoms in total. The first-order chi connectivity index (χ1) is 43.4. The lowest BCUT2D eigenvalue weighted by Gasteiger charge is -2.47. The van der Waals surface area contributed by atoms with Gasteiger partial charge in [-0.25, -0.2) is 0 Å². The summed E-state index contributed by atoms with van der Waals surface area (Å²) in [6, 6.07) is 75.9. The number of anilines is 8. The summed E-state index contributed by atoms with van der Waals surface area (Å²) in [5, 5.41) is 2.34. The van der Waals surface area contributed by atoms with E-state index < -0.39 is 0 Å². The van der Waals surface area contributed by atoms with Gasteiger partial charge in [-0.3, -0.25) is 0 Å². The van der Waals surface area contributed by atoms with Crippen LogP contribution in [0.15, 0.2) is 199 Å². The third-order valence-electron chi connectivity index (χ3n) is 21.7. The zero-order valence-corrected chi connectivity index (χ0v) is 57.7. The first-order valence-corrected chi connectivity index (χ1v) is 33.8.